The lowest BCUT2D eigenvalue weighted by Gasteiger charge is -2.38. The Morgan fingerprint density at radius 1 is 1.03 bits per heavy atom. The van der Waals surface area contributed by atoms with Gasteiger partial charge in [-0.15, -0.1) is 0 Å². The Morgan fingerprint density at radius 3 is 2.48 bits per heavy atom. The van der Waals surface area contributed by atoms with E-state index in [9.17, 15) is 14.4 Å². The largest absolute Gasteiger partial charge is 0.497 e. The van der Waals surface area contributed by atoms with Crippen molar-refractivity contribution in [3.05, 3.63) is 77.0 Å². The molecule has 0 spiro atoms. The number of carbonyl (C=O) groups is 3. The zero-order chi connectivity index (χ0) is 22.0. The number of allylic oxidation sites excluding steroid dienone is 2. The quantitative estimate of drug-likeness (QED) is 0.593. The molecule has 160 valence electrons. The molecule has 0 bridgehead atoms. The highest BCUT2D eigenvalue weighted by atomic mass is 16.5. The van der Waals surface area contributed by atoms with Gasteiger partial charge in [-0.05, 0) is 36.6 Å². The molecule has 1 N–H and O–H groups in total. The smallest absolute Gasteiger partial charge is 0.317 e. The molecule has 0 aromatic heterocycles. The molecule has 0 radical (unpaired) electrons. The monoisotopic (exact) mass is 419 g/mol. The first kappa shape index (κ1) is 20.8. The number of methoxy groups -OCH3 is 1. The first-order chi connectivity index (χ1) is 15.0. The van der Waals surface area contributed by atoms with Gasteiger partial charge in [0, 0.05) is 29.5 Å². The minimum Gasteiger partial charge on any atom is -0.497 e. The number of hydrogen-bond acceptors (Lipinski definition) is 5. The lowest BCUT2D eigenvalue weighted by atomic mass is 9.68. The molecular weight excluding hydrogens is 394 g/mol. The average molecular weight is 419 g/mol. The molecule has 0 fully saturated rings. The van der Waals surface area contributed by atoms with Crippen LogP contribution in [0.5, 0.6) is 5.75 Å². The summed E-state index contributed by atoms with van der Waals surface area (Å²) in [4.78, 5) is 39.2. The molecule has 0 unspecified atom stereocenters. The lowest BCUT2D eigenvalue weighted by Crippen LogP contribution is -2.44. The summed E-state index contributed by atoms with van der Waals surface area (Å²) in [6, 6.07) is 16.8. The highest BCUT2D eigenvalue weighted by molar-refractivity contribution is 6.12. The second kappa shape index (κ2) is 8.76. The van der Waals surface area contributed by atoms with E-state index in [4.69, 9.17) is 9.47 Å². The molecule has 4 rings (SSSR count). The third kappa shape index (κ3) is 3.98. The predicted octanol–water partition coefficient (Wildman–Crippen LogP) is 3.49. The molecule has 6 nitrogen and oxygen atoms in total. The van der Waals surface area contributed by atoms with Gasteiger partial charge in [0.1, 0.15) is 11.7 Å². The van der Waals surface area contributed by atoms with Gasteiger partial charge in [-0.3, -0.25) is 14.4 Å². The van der Waals surface area contributed by atoms with Gasteiger partial charge < -0.3 is 14.8 Å². The Labute approximate surface area is 181 Å². The normalized spacial score (nSPS) is 23.1. The number of carbonyl (C=O) groups excluding carboxylic acids is 3. The van der Waals surface area contributed by atoms with Gasteiger partial charge in [0.25, 0.3) is 0 Å². The average Bonchev–Trinajstić information content (AvgIpc) is 2.79. The van der Waals surface area contributed by atoms with Gasteiger partial charge in [0.2, 0.25) is 5.91 Å². The van der Waals surface area contributed by atoms with E-state index < -0.39 is 23.7 Å². The Morgan fingerprint density at radius 2 is 1.77 bits per heavy atom. The number of amides is 1. The van der Waals surface area contributed by atoms with Crippen LogP contribution in [-0.2, 0) is 19.1 Å². The van der Waals surface area contributed by atoms with E-state index in [1.165, 1.54) is 0 Å². The molecule has 0 saturated heterocycles. The molecule has 2 aromatic rings. The fourth-order valence-corrected chi connectivity index (χ4v) is 4.61. The van der Waals surface area contributed by atoms with E-state index in [1.807, 2.05) is 54.6 Å². The first-order valence-electron chi connectivity index (χ1n) is 10.5. The number of Topliss-reactive ketones (excluding diaryl/α,β-unsaturated/α-hetero) is 1. The number of ketones is 1. The number of ether oxygens (including phenoxy) is 2. The fourth-order valence-electron chi connectivity index (χ4n) is 4.61. The molecule has 0 saturated carbocycles. The SMILES string of the molecule is CCOC(=O)[C@@H]1C(=O)C2=C(C[C@@H]1c1ccccc1)NC(=O)C[C@H]2c1cccc(OC)c1. The zero-order valence-electron chi connectivity index (χ0n) is 17.6. The van der Waals surface area contributed by atoms with Crippen LogP contribution in [0.4, 0.5) is 0 Å². The number of rotatable bonds is 5. The van der Waals surface area contributed by atoms with Crippen molar-refractivity contribution < 1.29 is 23.9 Å². The maximum Gasteiger partial charge on any atom is 0.317 e. The molecule has 6 heteroatoms. The van der Waals surface area contributed by atoms with Gasteiger partial charge in [-0.2, -0.15) is 0 Å². The predicted molar refractivity (Wildman–Crippen MR) is 114 cm³/mol. The number of esters is 1. The summed E-state index contributed by atoms with van der Waals surface area (Å²) in [6.45, 7) is 1.93. The van der Waals surface area contributed by atoms with Crippen LogP contribution in [-0.4, -0.2) is 31.4 Å². The molecule has 1 heterocycles. The van der Waals surface area contributed by atoms with Gasteiger partial charge in [-0.1, -0.05) is 42.5 Å². The Hall–Kier alpha value is -3.41. The highest BCUT2D eigenvalue weighted by Crippen LogP contribution is 2.46. The Bertz CT molecular complexity index is 1040. The van der Waals surface area contributed by atoms with E-state index in [0.717, 1.165) is 11.1 Å². The first-order valence-corrected chi connectivity index (χ1v) is 10.5. The zero-order valence-corrected chi connectivity index (χ0v) is 17.6. The van der Waals surface area contributed by atoms with Crippen LogP contribution < -0.4 is 10.1 Å². The van der Waals surface area contributed by atoms with Gasteiger partial charge in [0.15, 0.2) is 5.78 Å². The van der Waals surface area contributed by atoms with Crippen LogP contribution in [0.25, 0.3) is 0 Å². The van der Waals surface area contributed by atoms with Crippen LogP contribution in [0.15, 0.2) is 65.9 Å². The maximum atomic E-state index is 13.8. The third-order valence-corrected chi connectivity index (χ3v) is 5.99. The summed E-state index contributed by atoms with van der Waals surface area (Å²) in [7, 11) is 1.57. The Balaban J connectivity index is 1.82. The van der Waals surface area contributed by atoms with Crippen molar-refractivity contribution in [1.29, 1.82) is 0 Å². The van der Waals surface area contributed by atoms with Crippen molar-refractivity contribution in [2.75, 3.05) is 13.7 Å². The van der Waals surface area contributed by atoms with Crippen molar-refractivity contribution >= 4 is 17.7 Å². The molecule has 2 aromatic carbocycles. The summed E-state index contributed by atoms with van der Waals surface area (Å²) in [5, 5.41) is 2.90. The number of benzene rings is 2. The molecule has 1 aliphatic carbocycles. The second-order valence-corrected chi connectivity index (χ2v) is 7.79. The molecule has 1 amide bonds. The highest BCUT2D eigenvalue weighted by Gasteiger charge is 2.47. The molecule has 1 aliphatic heterocycles. The third-order valence-electron chi connectivity index (χ3n) is 5.99. The van der Waals surface area contributed by atoms with Crippen LogP contribution >= 0.6 is 0 Å². The lowest BCUT2D eigenvalue weighted by molar-refractivity contribution is -0.152. The second-order valence-electron chi connectivity index (χ2n) is 7.79. The van der Waals surface area contributed by atoms with Gasteiger partial charge >= 0.3 is 5.97 Å². The summed E-state index contributed by atoms with van der Waals surface area (Å²) in [5.41, 5.74) is 2.79. The standard InChI is InChI=1S/C25H25NO5/c1-3-31-25(29)23-18(15-8-5-4-6-9-15)13-20-22(24(23)28)19(14-21(27)26-20)16-10-7-11-17(12-16)30-2/h4-12,18-19,23H,3,13-14H2,1-2H3,(H,26,27)/t18-,19+,23+/m1/s1. The van der Waals surface area contributed by atoms with Crippen molar-refractivity contribution in [1.82, 2.24) is 5.32 Å². The van der Waals surface area contributed by atoms with E-state index >= 15 is 0 Å². The minimum absolute atomic E-state index is 0.138. The van der Waals surface area contributed by atoms with Gasteiger partial charge in [0.05, 0.1) is 13.7 Å². The summed E-state index contributed by atoms with van der Waals surface area (Å²) < 4.78 is 10.6. The molecule has 31 heavy (non-hydrogen) atoms. The van der Waals surface area contributed by atoms with Crippen LogP contribution in [0.2, 0.25) is 0 Å². The Kier molecular flexibility index (Phi) is 5.89. The van der Waals surface area contributed by atoms with Crippen molar-refractivity contribution in [3.63, 3.8) is 0 Å². The van der Waals surface area contributed by atoms with E-state index in [1.54, 1.807) is 14.0 Å². The molecule has 2 aliphatic rings. The van der Waals surface area contributed by atoms with Crippen molar-refractivity contribution in [2.24, 2.45) is 5.92 Å². The van der Waals surface area contributed by atoms with E-state index in [0.29, 0.717) is 23.4 Å². The topological polar surface area (TPSA) is 81.7 Å². The van der Waals surface area contributed by atoms with Crippen LogP contribution in [0.3, 0.4) is 0 Å². The van der Waals surface area contributed by atoms with Crippen LogP contribution in [0, 0.1) is 5.92 Å². The maximum absolute atomic E-state index is 13.8. The van der Waals surface area contributed by atoms with Crippen molar-refractivity contribution in [3.8, 4) is 5.75 Å². The summed E-state index contributed by atoms with van der Waals surface area (Å²) >= 11 is 0. The van der Waals surface area contributed by atoms with Crippen molar-refractivity contribution in [2.45, 2.75) is 31.6 Å². The number of nitrogens with one attached hydrogen (secondary N) is 1. The van der Waals surface area contributed by atoms with E-state index in [-0.39, 0.29) is 24.7 Å². The fraction of sp³-hybridized carbons (Fsp3) is 0.320. The molecular formula is C25H25NO5. The van der Waals surface area contributed by atoms with Crippen LogP contribution in [0.1, 0.15) is 42.7 Å². The summed E-state index contributed by atoms with van der Waals surface area (Å²) in [6.07, 6.45) is 0.532. The minimum atomic E-state index is -0.941. The number of hydrogen-bond donors (Lipinski definition) is 1. The molecule has 3 atom stereocenters. The van der Waals surface area contributed by atoms with E-state index in [2.05, 4.69) is 5.32 Å². The summed E-state index contributed by atoms with van der Waals surface area (Å²) in [5.74, 6) is -2.05. The van der Waals surface area contributed by atoms with Gasteiger partial charge in [-0.25, -0.2) is 0 Å².